The molecular weight excluding hydrogens is 261 g/mol. The van der Waals surface area contributed by atoms with Gasteiger partial charge >= 0.3 is 0 Å². The van der Waals surface area contributed by atoms with Crippen LogP contribution in [0.3, 0.4) is 0 Å². The smallest absolute Gasteiger partial charge is 0.137 e. The van der Waals surface area contributed by atoms with E-state index in [1.807, 2.05) is 19.9 Å². The molecule has 2 aromatic rings. The van der Waals surface area contributed by atoms with E-state index in [0.717, 1.165) is 12.1 Å². The van der Waals surface area contributed by atoms with E-state index in [4.69, 9.17) is 0 Å². The summed E-state index contributed by atoms with van der Waals surface area (Å²) in [5.74, 6) is -0.224. The highest BCUT2D eigenvalue weighted by Gasteiger charge is 2.10. The van der Waals surface area contributed by atoms with E-state index in [2.05, 4.69) is 15.3 Å². The van der Waals surface area contributed by atoms with Gasteiger partial charge in [-0.05, 0) is 31.2 Å². The van der Waals surface area contributed by atoms with Crippen LogP contribution in [-0.2, 0) is 0 Å². The van der Waals surface area contributed by atoms with E-state index in [-0.39, 0.29) is 11.9 Å². The lowest BCUT2D eigenvalue weighted by Gasteiger charge is -2.13. The highest BCUT2D eigenvalue weighted by atomic mass is 32.2. The maximum absolute atomic E-state index is 14.0. The summed E-state index contributed by atoms with van der Waals surface area (Å²) in [4.78, 5) is 8.65. The average Bonchev–Trinajstić information content (AvgIpc) is 2.42. The fourth-order valence-electron chi connectivity index (χ4n) is 1.74. The molecule has 1 unspecified atom stereocenters. The molecule has 0 bridgehead atoms. The van der Waals surface area contributed by atoms with Gasteiger partial charge in [0.25, 0.3) is 0 Å². The van der Waals surface area contributed by atoms with Crippen molar-refractivity contribution in [3.63, 3.8) is 0 Å². The molecule has 1 N–H and O–H groups in total. The third-order valence-electron chi connectivity index (χ3n) is 2.72. The van der Waals surface area contributed by atoms with Crippen LogP contribution in [0.15, 0.2) is 46.7 Å². The molecule has 2 rings (SSSR count). The fraction of sp³-hybridized carbons (Fsp3) is 0.286. The molecule has 19 heavy (non-hydrogen) atoms. The first-order chi connectivity index (χ1) is 9.20. The third-order valence-corrected chi connectivity index (χ3v) is 3.69. The fourth-order valence-corrected chi connectivity index (χ4v) is 2.49. The van der Waals surface area contributed by atoms with Gasteiger partial charge in [0.1, 0.15) is 10.8 Å². The molecule has 0 aliphatic heterocycles. The van der Waals surface area contributed by atoms with Crippen molar-refractivity contribution in [1.82, 2.24) is 15.3 Å². The van der Waals surface area contributed by atoms with Gasteiger partial charge in [0.15, 0.2) is 0 Å². The molecule has 0 aliphatic carbocycles. The van der Waals surface area contributed by atoms with Crippen LogP contribution in [0.1, 0.15) is 25.5 Å². The summed E-state index contributed by atoms with van der Waals surface area (Å²) in [5, 5.41) is 3.95. The second kappa shape index (κ2) is 6.63. The average molecular weight is 277 g/mol. The summed E-state index contributed by atoms with van der Waals surface area (Å²) < 4.78 is 14.0. The predicted molar refractivity (Wildman–Crippen MR) is 74.6 cm³/mol. The maximum Gasteiger partial charge on any atom is 0.137 e. The van der Waals surface area contributed by atoms with Crippen molar-refractivity contribution < 1.29 is 4.39 Å². The number of nitrogens with zero attached hydrogens (tertiary/aromatic N) is 2. The van der Waals surface area contributed by atoms with Crippen LogP contribution in [-0.4, -0.2) is 16.5 Å². The van der Waals surface area contributed by atoms with E-state index in [0.29, 0.717) is 9.92 Å². The molecule has 0 fully saturated rings. The van der Waals surface area contributed by atoms with E-state index >= 15 is 0 Å². The largest absolute Gasteiger partial charge is 0.310 e. The molecule has 0 saturated carbocycles. The number of hydrogen-bond acceptors (Lipinski definition) is 4. The monoisotopic (exact) mass is 277 g/mol. The Bertz CT molecular complexity index is 533. The van der Waals surface area contributed by atoms with Crippen LogP contribution in [0.2, 0.25) is 0 Å². The van der Waals surface area contributed by atoms with Crippen molar-refractivity contribution in [1.29, 1.82) is 0 Å². The number of nitrogens with one attached hydrogen (secondary N) is 1. The number of halogens is 1. The first kappa shape index (κ1) is 14.0. The van der Waals surface area contributed by atoms with Crippen LogP contribution in [0, 0.1) is 5.82 Å². The molecule has 0 saturated heterocycles. The quantitative estimate of drug-likeness (QED) is 0.908. The highest BCUT2D eigenvalue weighted by molar-refractivity contribution is 7.99. The first-order valence-corrected chi connectivity index (χ1v) is 6.99. The van der Waals surface area contributed by atoms with E-state index in [9.17, 15) is 4.39 Å². The minimum atomic E-state index is -0.224. The first-order valence-electron chi connectivity index (χ1n) is 6.17. The summed E-state index contributed by atoms with van der Waals surface area (Å²) in [6.07, 6.45) is 4.82. The normalized spacial score (nSPS) is 12.4. The Morgan fingerprint density at radius 1 is 1.37 bits per heavy atom. The molecule has 5 heteroatoms. The molecule has 1 heterocycles. The Labute approximate surface area is 116 Å². The number of rotatable bonds is 5. The molecule has 1 aromatic heterocycles. The lowest BCUT2D eigenvalue weighted by Crippen LogP contribution is -2.17. The topological polar surface area (TPSA) is 37.8 Å². The zero-order valence-corrected chi connectivity index (χ0v) is 11.7. The van der Waals surface area contributed by atoms with Crippen molar-refractivity contribution >= 4 is 11.8 Å². The van der Waals surface area contributed by atoms with Crippen LogP contribution in [0.5, 0.6) is 0 Å². The number of hydrogen-bond donors (Lipinski definition) is 1. The van der Waals surface area contributed by atoms with Crippen LogP contribution in [0.4, 0.5) is 4.39 Å². The van der Waals surface area contributed by atoms with E-state index in [1.54, 1.807) is 30.7 Å². The summed E-state index contributed by atoms with van der Waals surface area (Å²) in [7, 11) is 0. The van der Waals surface area contributed by atoms with Gasteiger partial charge in [0.2, 0.25) is 0 Å². The molecule has 3 nitrogen and oxygen atoms in total. The van der Waals surface area contributed by atoms with E-state index in [1.165, 1.54) is 11.8 Å². The van der Waals surface area contributed by atoms with Crippen LogP contribution >= 0.6 is 11.8 Å². The summed E-state index contributed by atoms with van der Waals surface area (Å²) in [6, 6.07) is 5.45. The van der Waals surface area contributed by atoms with Gasteiger partial charge in [-0.3, -0.25) is 4.98 Å². The molecule has 0 aliphatic rings. The van der Waals surface area contributed by atoms with Crippen molar-refractivity contribution in [2.75, 3.05) is 6.54 Å². The van der Waals surface area contributed by atoms with Gasteiger partial charge in [-0.2, -0.15) is 0 Å². The number of benzene rings is 1. The molecule has 0 spiro atoms. The van der Waals surface area contributed by atoms with Crippen LogP contribution in [0.25, 0.3) is 0 Å². The zero-order valence-electron chi connectivity index (χ0n) is 10.9. The lowest BCUT2D eigenvalue weighted by molar-refractivity contribution is 0.572. The van der Waals surface area contributed by atoms with Crippen molar-refractivity contribution in [3.8, 4) is 0 Å². The Morgan fingerprint density at radius 2 is 2.21 bits per heavy atom. The second-order valence-electron chi connectivity index (χ2n) is 4.11. The Kier molecular flexibility index (Phi) is 4.87. The van der Waals surface area contributed by atoms with Crippen molar-refractivity contribution in [3.05, 3.63) is 48.2 Å². The van der Waals surface area contributed by atoms with Crippen molar-refractivity contribution in [2.45, 2.75) is 29.8 Å². The molecule has 0 amide bonds. The molecule has 100 valence electrons. The Balaban J connectivity index is 2.15. The summed E-state index contributed by atoms with van der Waals surface area (Å²) in [5.41, 5.74) is 0.947. The van der Waals surface area contributed by atoms with Gasteiger partial charge in [-0.15, -0.1) is 0 Å². The van der Waals surface area contributed by atoms with Gasteiger partial charge in [0, 0.05) is 23.3 Å². The Hall–Kier alpha value is -1.46. The SMILES string of the molecule is CCNC(C)c1ccc(Sc2cnccn2)c(F)c1. The van der Waals surface area contributed by atoms with E-state index < -0.39 is 0 Å². The van der Waals surface area contributed by atoms with Gasteiger partial charge < -0.3 is 5.32 Å². The molecular formula is C14H16FN3S. The minimum Gasteiger partial charge on any atom is -0.310 e. The molecule has 0 radical (unpaired) electrons. The summed E-state index contributed by atoms with van der Waals surface area (Å²) >= 11 is 1.28. The van der Waals surface area contributed by atoms with Crippen molar-refractivity contribution in [2.24, 2.45) is 0 Å². The maximum atomic E-state index is 14.0. The lowest BCUT2D eigenvalue weighted by atomic mass is 10.1. The second-order valence-corrected chi connectivity index (χ2v) is 5.18. The van der Waals surface area contributed by atoms with Gasteiger partial charge in [-0.1, -0.05) is 24.8 Å². The van der Waals surface area contributed by atoms with Gasteiger partial charge in [0.05, 0.1) is 6.20 Å². The molecule has 1 atom stereocenters. The Morgan fingerprint density at radius 3 is 2.84 bits per heavy atom. The standard InChI is InChI=1S/C14H16FN3S/c1-3-17-10(2)11-4-5-13(12(15)8-11)19-14-9-16-6-7-18-14/h4-10,17H,3H2,1-2H3. The number of aromatic nitrogens is 2. The zero-order chi connectivity index (χ0) is 13.7. The highest BCUT2D eigenvalue weighted by Crippen LogP contribution is 2.29. The molecule has 1 aromatic carbocycles. The van der Waals surface area contributed by atoms with Crippen LogP contribution < -0.4 is 5.32 Å². The third kappa shape index (κ3) is 3.75. The summed E-state index contributed by atoms with van der Waals surface area (Å²) in [6.45, 7) is 4.91. The predicted octanol–water partition coefficient (Wildman–Crippen LogP) is 3.44. The minimum absolute atomic E-state index is 0.148. The van der Waals surface area contributed by atoms with Gasteiger partial charge in [-0.25, -0.2) is 9.37 Å².